The maximum atomic E-state index is 13.3. The van der Waals surface area contributed by atoms with E-state index in [-0.39, 0.29) is 17.5 Å². The molecule has 104 valence electrons. The van der Waals surface area contributed by atoms with Gasteiger partial charge in [0.1, 0.15) is 11.5 Å². The number of carbonyl (C=O) groups is 1. The minimum Gasteiger partial charge on any atom is -0.351 e. The number of fused-ring (bicyclic) bond motifs is 1. The Kier molecular flexibility index (Phi) is 3.04. The molecule has 2 aromatic rings. The lowest BCUT2D eigenvalue weighted by atomic mass is 10.1. The summed E-state index contributed by atoms with van der Waals surface area (Å²) in [5.74, 6) is -0.703. The first-order valence-corrected chi connectivity index (χ1v) is 6.75. The number of pyridine rings is 1. The molecule has 4 nitrogen and oxygen atoms in total. The van der Waals surface area contributed by atoms with Gasteiger partial charge in [-0.3, -0.25) is 9.59 Å². The monoisotopic (exact) mass is 274 g/mol. The van der Waals surface area contributed by atoms with Crippen molar-refractivity contribution in [1.82, 2.24) is 9.88 Å². The number of nitrogens with one attached hydrogen (secondary N) is 1. The van der Waals surface area contributed by atoms with E-state index >= 15 is 0 Å². The van der Waals surface area contributed by atoms with Crippen LogP contribution in [0.5, 0.6) is 0 Å². The molecule has 1 N–H and O–H groups in total. The molecule has 1 aliphatic rings. The van der Waals surface area contributed by atoms with Crippen LogP contribution in [0.1, 0.15) is 36.3 Å². The Bertz CT molecular complexity index is 747. The average molecular weight is 274 g/mol. The zero-order valence-corrected chi connectivity index (χ0v) is 11.1. The Morgan fingerprint density at radius 2 is 2.15 bits per heavy atom. The van der Waals surface area contributed by atoms with Crippen LogP contribution in [0.4, 0.5) is 4.39 Å². The number of nitrogens with zero attached hydrogens (tertiary/aromatic N) is 1. The summed E-state index contributed by atoms with van der Waals surface area (Å²) < 4.78 is 14.9. The summed E-state index contributed by atoms with van der Waals surface area (Å²) in [6, 6.07) is 5.73. The maximum absolute atomic E-state index is 13.3. The van der Waals surface area contributed by atoms with Crippen LogP contribution < -0.4 is 10.9 Å². The molecular formula is C15H15FN2O2. The van der Waals surface area contributed by atoms with Crippen molar-refractivity contribution in [2.24, 2.45) is 0 Å². The Hall–Kier alpha value is -2.17. The van der Waals surface area contributed by atoms with E-state index in [4.69, 9.17) is 0 Å². The van der Waals surface area contributed by atoms with Crippen molar-refractivity contribution < 1.29 is 9.18 Å². The fourth-order valence-corrected chi connectivity index (χ4v) is 2.43. The normalized spacial score (nSPS) is 14.5. The van der Waals surface area contributed by atoms with Crippen LogP contribution in [-0.2, 0) is 0 Å². The minimum atomic E-state index is -0.414. The second kappa shape index (κ2) is 4.74. The highest BCUT2D eigenvalue weighted by Crippen LogP contribution is 2.35. The molecule has 0 radical (unpaired) electrons. The van der Waals surface area contributed by atoms with Crippen molar-refractivity contribution >= 4 is 16.7 Å². The van der Waals surface area contributed by atoms with Crippen molar-refractivity contribution in [3.8, 4) is 0 Å². The summed E-state index contributed by atoms with van der Waals surface area (Å²) in [4.78, 5) is 24.6. The van der Waals surface area contributed by atoms with E-state index in [9.17, 15) is 14.0 Å². The van der Waals surface area contributed by atoms with Crippen molar-refractivity contribution in [3.63, 3.8) is 0 Å². The van der Waals surface area contributed by atoms with Crippen LogP contribution >= 0.6 is 0 Å². The molecule has 1 saturated carbocycles. The lowest BCUT2D eigenvalue weighted by Crippen LogP contribution is -2.32. The Morgan fingerprint density at radius 3 is 2.80 bits per heavy atom. The number of rotatable bonds is 3. The summed E-state index contributed by atoms with van der Waals surface area (Å²) >= 11 is 0. The number of hydrogen-bond donors (Lipinski definition) is 1. The highest BCUT2D eigenvalue weighted by Gasteiger charge is 2.29. The third-order valence-corrected chi connectivity index (χ3v) is 3.50. The first kappa shape index (κ1) is 12.8. The van der Waals surface area contributed by atoms with Gasteiger partial charge in [-0.2, -0.15) is 0 Å². The molecule has 1 amide bonds. The molecular weight excluding hydrogens is 259 g/mol. The Labute approximate surface area is 115 Å². The molecule has 1 heterocycles. The molecule has 0 aliphatic heterocycles. The van der Waals surface area contributed by atoms with E-state index in [0.29, 0.717) is 23.0 Å². The quantitative estimate of drug-likeness (QED) is 0.933. The van der Waals surface area contributed by atoms with Gasteiger partial charge in [0.15, 0.2) is 0 Å². The number of carbonyl (C=O) groups excluding carboxylic acids is 1. The zero-order chi connectivity index (χ0) is 14.3. The van der Waals surface area contributed by atoms with E-state index in [2.05, 4.69) is 5.32 Å². The third-order valence-electron chi connectivity index (χ3n) is 3.50. The Balaban J connectivity index is 2.28. The molecule has 1 aliphatic carbocycles. The molecule has 20 heavy (non-hydrogen) atoms. The highest BCUT2D eigenvalue weighted by atomic mass is 19.1. The number of amides is 1. The SMILES string of the molecule is CCNC(=O)c1cc2cc(F)ccc2c(=O)n1C1CC1. The summed E-state index contributed by atoms with van der Waals surface area (Å²) in [7, 11) is 0. The van der Waals surface area contributed by atoms with Gasteiger partial charge >= 0.3 is 0 Å². The summed E-state index contributed by atoms with van der Waals surface area (Å²) in [6.07, 6.45) is 1.80. The molecule has 1 aromatic heterocycles. The molecule has 0 saturated heterocycles. The Morgan fingerprint density at radius 1 is 1.40 bits per heavy atom. The van der Waals surface area contributed by atoms with Gasteiger partial charge in [-0.05, 0) is 49.4 Å². The van der Waals surface area contributed by atoms with E-state index in [1.54, 1.807) is 10.6 Å². The summed E-state index contributed by atoms with van der Waals surface area (Å²) in [6.45, 7) is 2.30. The molecule has 0 unspecified atom stereocenters. The molecule has 0 bridgehead atoms. The predicted octanol–water partition coefficient (Wildman–Crippen LogP) is 2.23. The molecule has 3 rings (SSSR count). The smallest absolute Gasteiger partial charge is 0.268 e. The van der Waals surface area contributed by atoms with Gasteiger partial charge in [-0.25, -0.2) is 4.39 Å². The van der Waals surface area contributed by atoms with Crippen molar-refractivity contribution in [2.45, 2.75) is 25.8 Å². The van der Waals surface area contributed by atoms with Crippen molar-refractivity contribution in [2.75, 3.05) is 6.54 Å². The summed E-state index contributed by atoms with van der Waals surface area (Å²) in [5.41, 5.74) is 0.101. The maximum Gasteiger partial charge on any atom is 0.268 e. The average Bonchev–Trinajstić information content (AvgIpc) is 3.22. The fourth-order valence-electron chi connectivity index (χ4n) is 2.43. The van der Waals surface area contributed by atoms with E-state index < -0.39 is 5.82 Å². The van der Waals surface area contributed by atoms with Crippen LogP contribution in [0.3, 0.4) is 0 Å². The van der Waals surface area contributed by atoms with Crippen LogP contribution in [0, 0.1) is 5.82 Å². The number of hydrogen-bond acceptors (Lipinski definition) is 2. The molecule has 5 heteroatoms. The number of benzene rings is 1. The second-order valence-corrected chi connectivity index (χ2v) is 5.03. The first-order valence-electron chi connectivity index (χ1n) is 6.75. The number of halogens is 1. The van der Waals surface area contributed by atoms with E-state index in [0.717, 1.165) is 12.8 Å². The van der Waals surface area contributed by atoms with Crippen molar-refractivity contribution in [3.05, 3.63) is 46.1 Å². The molecule has 0 spiro atoms. The van der Waals surface area contributed by atoms with E-state index in [1.165, 1.54) is 18.2 Å². The molecule has 0 atom stereocenters. The minimum absolute atomic E-state index is 0.0922. The third kappa shape index (κ3) is 2.09. The van der Waals surface area contributed by atoms with Crippen LogP contribution in [0.2, 0.25) is 0 Å². The van der Waals surface area contributed by atoms with Gasteiger partial charge in [0, 0.05) is 18.0 Å². The van der Waals surface area contributed by atoms with Gasteiger partial charge < -0.3 is 9.88 Å². The first-order chi connectivity index (χ1) is 9.61. The lowest BCUT2D eigenvalue weighted by molar-refractivity contribution is 0.0945. The molecule has 1 fully saturated rings. The van der Waals surface area contributed by atoms with Gasteiger partial charge in [-0.15, -0.1) is 0 Å². The fraction of sp³-hybridized carbons (Fsp3) is 0.333. The topological polar surface area (TPSA) is 51.1 Å². The van der Waals surface area contributed by atoms with Gasteiger partial charge in [0.05, 0.1) is 0 Å². The second-order valence-electron chi connectivity index (χ2n) is 5.03. The molecule has 1 aromatic carbocycles. The zero-order valence-electron chi connectivity index (χ0n) is 11.1. The predicted molar refractivity (Wildman–Crippen MR) is 74.4 cm³/mol. The lowest BCUT2D eigenvalue weighted by Gasteiger charge is -2.13. The number of aromatic nitrogens is 1. The van der Waals surface area contributed by atoms with Gasteiger partial charge in [0.2, 0.25) is 0 Å². The highest BCUT2D eigenvalue weighted by molar-refractivity contribution is 5.96. The van der Waals surface area contributed by atoms with Gasteiger partial charge in [-0.1, -0.05) is 0 Å². The van der Waals surface area contributed by atoms with Crippen LogP contribution in [0.25, 0.3) is 10.8 Å². The standard InChI is InChI=1S/C15H15FN2O2/c1-2-17-14(19)13-8-9-7-10(16)3-6-12(9)15(20)18(13)11-4-5-11/h3,6-8,11H,2,4-5H2,1H3,(H,17,19). The van der Waals surface area contributed by atoms with E-state index in [1.807, 2.05) is 6.92 Å². The summed E-state index contributed by atoms with van der Waals surface area (Å²) in [5, 5.41) is 3.62. The largest absolute Gasteiger partial charge is 0.351 e. The van der Waals surface area contributed by atoms with Crippen LogP contribution in [0.15, 0.2) is 29.1 Å². The van der Waals surface area contributed by atoms with Crippen LogP contribution in [-0.4, -0.2) is 17.0 Å². The van der Waals surface area contributed by atoms with Crippen molar-refractivity contribution in [1.29, 1.82) is 0 Å². The van der Waals surface area contributed by atoms with Gasteiger partial charge in [0.25, 0.3) is 11.5 Å².